The van der Waals surface area contributed by atoms with Crippen molar-refractivity contribution in [3.63, 3.8) is 0 Å². The number of hydrogen-bond acceptors (Lipinski definition) is 3. The summed E-state index contributed by atoms with van der Waals surface area (Å²) in [7, 11) is 0. The normalized spacial score (nSPS) is 10.5. The van der Waals surface area contributed by atoms with Crippen LogP contribution in [0.15, 0.2) is 46.2 Å². The minimum absolute atomic E-state index is 0.168. The van der Waals surface area contributed by atoms with Crippen LogP contribution in [0.4, 0.5) is 14.5 Å². The highest BCUT2D eigenvalue weighted by Gasteiger charge is 2.10. The van der Waals surface area contributed by atoms with Gasteiger partial charge in [0, 0.05) is 21.5 Å². The van der Waals surface area contributed by atoms with Gasteiger partial charge in [0.05, 0.1) is 6.61 Å². The zero-order valence-corrected chi connectivity index (χ0v) is 11.1. The van der Waals surface area contributed by atoms with E-state index in [9.17, 15) is 8.78 Å². The number of nitrogen functional groups attached to an aromatic ring is 1. The first-order valence-corrected chi connectivity index (χ1v) is 6.57. The van der Waals surface area contributed by atoms with Gasteiger partial charge in [0.2, 0.25) is 0 Å². The van der Waals surface area contributed by atoms with Gasteiger partial charge in [-0.05, 0) is 37.3 Å². The molecule has 0 saturated carbocycles. The van der Waals surface area contributed by atoms with Gasteiger partial charge in [-0.1, -0.05) is 11.8 Å². The molecule has 0 spiro atoms. The van der Waals surface area contributed by atoms with Crippen LogP contribution in [-0.4, -0.2) is 6.61 Å². The molecule has 0 aromatic heterocycles. The fraction of sp³-hybridized carbons (Fsp3) is 0.143. The van der Waals surface area contributed by atoms with Crippen molar-refractivity contribution < 1.29 is 13.5 Å². The third-order valence-electron chi connectivity index (χ3n) is 2.41. The summed E-state index contributed by atoms with van der Waals surface area (Å²) in [5, 5.41) is 0. The monoisotopic (exact) mass is 281 g/mol. The second-order valence-corrected chi connectivity index (χ2v) is 4.92. The first-order chi connectivity index (χ1) is 9.10. The largest absolute Gasteiger partial charge is 0.491 e. The number of rotatable bonds is 4. The first-order valence-electron chi connectivity index (χ1n) is 5.75. The van der Waals surface area contributed by atoms with Gasteiger partial charge < -0.3 is 10.5 Å². The predicted molar refractivity (Wildman–Crippen MR) is 72.5 cm³/mol. The molecule has 2 rings (SSSR count). The van der Waals surface area contributed by atoms with E-state index in [0.29, 0.717) is 17.2 Å². The van der Waals surface area contributed by atoms with Crippen LogP contribution in [0.3, 0.4) is 0 Å². The van der Waals surface area contributed by atoms with Gasteiger partial charge >= 0.3 is 0 Å². The number of hydrogen-bond donors (Lipinski definition) is 1. The van der Waals surface area contributed by atoms with Gasteiger partial charge in [-0.3, -0.25) is 0 Å². The van der Waals surface area contributed by atoms with Crippen LogP contribution in [0.1, 0.15) is 6.92 Å². The summed E-state index contributed by atoms with van der Waals surface area (Å²) in [5.41, 5.74) is 6.10. The zero-order chi connectivity index (χ0) is 13.8. The molecule has 0 unspecified atom stereocenters. The molecule has 2 N–H and O–H groups in total. The van der Waals surface area contributed by atoms with Crippen LogP contribution in [0.25, 0.3) is 0 Å². The van der Waals surface area contributed by atoms with E-state index in [4.69, 9.17) is 10.5 Å². The Hall–Kier alpha value is -1.75. The lowest BCUT2D eigenvalue weighted by atomic mass is 10.3. The van der Waals surface area contributed by atoms with Gasteiger partial charge in [-0.15, -0.1) is 0 Å². The smallest absolute Gasteiger partial charge is 0.167 e. The highest BCUT2D eigenvalue weighted by atomic mass is 32.2. The maximum absolute atomic E-state index is 13.5. The van der Waals surface area contributed by atoms with Crippen molar-refractivity contribution in [3.05, 3.63) is 48.0 Å². The van der Waals surface area contributed by atoms with E-state index in [2.05, 4.69) is 0 Å². The average Bonchev–Trinajstić information content (AvgIpc) is 2.38. The van der Waals surface area contributed by atoms with Crippen molar-refractivity contribution in [2.24, 2.45) is 0 Å². The van der Waals surface area contributed by atoms with Crippen molar-refractivity contribution in [1.29, 1.82) is 0 Å². The van der Waals surface area contributed by atoms with E-state index in [0.717, 1.165) is 4.90 Å². The Morgan fingerprint density at radius 3 is 2.47 bits per heavy atom. The molecule has 0 fully saturated rings. The van der Waals surface area contributed by atoms with E-state index in [1.165, 1.54) is 30.0 Å². The topological polar surface area (TPSA) is 35.2 Å². The number of nitrogens with two attached hydrogens (primary N) is 1. The predicted octanol–water partition coefficient (Wildman–Crippen LogP) is 4.10. The number of benzene rings is 2. The maximum Gasteiger partial charge on any atom is 0.167 e. The van der Waals surface area contributed by atoms with Gasteiger partial charge in [0.25, 0.3) is 0 Å². The highest BCUT2D eigenvalue weighted by molar-refractivity contribution is 7.99. The summed E-state index contributed by atoms with van der Waals surface area (Å²) in [6.45, 7) is 2.16. The standard InChI is InChI=1S/C14H13F2NOS/c1-2-18-13-8-14(12(17)7-11(13)16)19-10-5-3-9(15)4-6-10/h3-8H,2,17H2,1H3. The fourth-order valence-electron chi connectivity index (χ4n) is 1.53. The van der Waals surface area contributed by atoms with Crippen molar-refractivity contribution in [2.45, 2.75) is 16.7 Å². The molecule has 19 heavy (non-hydrogen) atoms. The lowest BCUT2D eigenvalue weighted by Gasteiger charge is -2.10. The van der Waals surface area contributed by atoms with Crippen LogP contribution in [0, 0.1) is 11.6 Å². The summed E-state index contributed by atoms with van der Waals surface area (Å²) >= 11 is 1.33. The third kappa shape index (κ3) is 3.38. The van der Waals surface area contributed by atoms with Crippen molar-refractivity contribution in [3.8, 4) is 5.75 Å². The molecule has 2 nitrogen and oxygen atoms in total. The number of anilines is 1. The molecular weight excluding hydrogens is 268 g/mol. The summed E-state index contributed by atoms with van der Waals surface area (Å²) in [6, 6.07) is 8.81. The van der Waals surface area contributed by atoms with Gasteiger partial charge in [-0.2, -0.15) is 0 Å². The second-order valence-electron chi connectivity index (χ2n) is 3.81. The molecule has 0 radical (unpaired) electrons. The molecule has 100 valence electrons. The van der Waals surface area contributed by atoms with Crippen LogP contribution in [-0.2, 0) is 0 Å². The Kier molecular flexibility index (Phi) is 4.27. The summed E-state index contributed by atoms with van der Waals surface area (Å²) < 4.78 is 31.5. The van der Waals surface area contributed by atoms with E-state index in [-0.39, 0.29) is 11.6 Å². The van der Waals surface area contributed by atoms with Crippen molar-refractivity contribution >= 4 is 17.4 Å². The van der Waals surface area contributed by atoms with Gasteiger partial charge in [0.15, 0.2) is 11.6 Å². The highest BCUT2D eigenvalue weighted by Crippen LogP contribution is 2.36. The Balaban J connectivity index is 2.28. The van der Waals surface area contributed by atoms with E-state index >= 15 is 0 Å². The molecule has 0 heterocycles. The van der Waals surface area contributed by atoms with Gasteiger partial charge in [0.1, 0.15) is 5.82 Å². The molecule has 2 aromatic rings. The number of halogens is 2. The van der Waals surface area contributed by atoms with E-state index in [1.54, 1.807) is 25.1 Å². The van der Waals surface area contributed by atoms with Crippen molar-refractivity contribution in [1.82, 2.24) is 0 Å². The maximum atomic E-state index is 13.5. The molecule has 5 heteroatoms. The van der Waals surface area contributed by atoms with E-state index < -0.39 is 5.82 Å². The van der Waals surface area contributed by atoms with Crippen LogP contribution in [0.2, 0.25) is 0 Å². The average molecular weight is 281 g/mol. The van der Waals surface area contributed by atoms with E-state index in [1.807, 2.05) is 0 Å². The molecule has 0 saturated heterocycles. The second kappa shape index (κ2) is 5.93. The molecule has 0 aliphatic rings. The Bertz CT molecular complexity index is 572. The summed E-state index contributed by atoms with van der Waals surface area (Å²) in [6.07, 6.45) is 0. The molecule has 0 aliphatic heterocycles. The van der Waals surface area contributed by atoms with Crippen LogP contribution < -0.4 is 10.5 Å². The minimum Gasteiger partial charge on any atom is -0.491 e. The quantitative estimate of drug-likeness (QED) is 0.857. The zero-order valence-electron chi connectivity index (χ0n) is 10.3. The van der Waals surface area contributed by atoms with Crippen LogP contribution >= 0.6 is 11.8 Å². The molecule has 0 bridgehead atoms. The lowest BCUT2D eigenvalue weighted by Crippen LogP contribution is -1.97. The molecule has 0 amide bonds. The fourth-order valence-corrected chi connectivity index (χ4v) is 2.40. The molecule has 2 aromatic carbocycles. The minimum atomic E-state index is -0.484. The third-order valence-corrected chi connectivity index (χ3v) is 3.49. The Labute approximate surface area is 114 Å². The Morgan fingerprint density at radius 2 is 1.84 bits per heavy atom. The lowest BCUT2D eigenvalue weighted by molar-refractivity contribution is 0.321. The number of ether oxygens (including phenoxy) is 1. The molecular formula is C14H13F2NOS. The summed E-state index contributed by atoms with van der Waals surface area (Å²) in [5.74, 6) is -0.615. The molecule has 0 aliphatic carbocycles. The van der Waals surface area contributed by atoms with Crippen molar-refractivity contribution in [2.75, 3.05) is 12.3 Å². The SMILES string of the molecule is CCOc1cc(Sc2ccc(F)cc2)c(N)cc1F. The Morgan fingerprint density at radius 1 is 1.16 bits per heavy atom. The van der Waals surface area contributed by atoms with Crippen LogP contribution in [0.5, 0.6) is 5.75 Å². The van der Waals surface area contributed by atoms with Gasteiger partial charge in [-0.25, -0.2) is 8.78 Å². The first kappa shape index (κ1) is 13.7. The molecule has 0 atom stereocenters. The summed E-state index contributed by atoms with van der Waals surface area (Å²) in [4.78, 5) is 1.50.